The largest absolute Gasteiger partial charge is 0.351 e. The summed E-state index contributed by atoms with van der Waals surface area (Å²) in [7, 11) is 0. The first kappa shape index (κ1) is 13.9. The molecule has 5 heteroatoms. The first-order chi connectivity index (χ1) is 10.2. The highest BCUT2D eigenvalue weighted by molar-refractivity contribution is 5.31. The molecule has 1 fully saturated rings. The summed E-state index contributed by atoms with van der Waals surface area (Å²) in [5.74, 6) is 1.36. The minimum absolute atomic E-state index is 0.220. The standard InChI is InChI=1S/C16H21N5/c1-11(8-14-10-17-6-7-18-14)19-16-20-12(2)9-15(21-16)13-4-3-5-13/h6-7,9-11,13H,3-5,8H2,1-2H3,(H,19,20,21). The van der Waals surface area contributed by atoms with Crippen molar-refractivity contribution in [1.29, 1.82) is 0 Å². The Morgan fingerprint density at radius 1 is 1.29 bits per heavy atom. The van der Waals surface area contributed by atoms with Crippen molar-refractivity contribution in [3.05, 3.63) is 41.7 Å². The number of rotatable bonds is 5. The smallest absolute Gasteiger partial charge is 0.223 e. The van der Waals surface area contributed by atoms with Crippen LogP contribution in [0.3, 0.4) is 0 Å². The molecule has 2 aromatic rings. The monoisotopic (exact) mass is 283 g/mol. The van der Waals surface area contributed by atoms with E-state index < -0.39 is 0 Å². The number of nitrogens with one attached hydrogen (secondary N) is 1. The minimum atomic E-state index is 0.220. The SMILES string of the molecule is Cc1cc(C2CCC2)nc(NC(C)Cc2cnccn2)n1. The highest BCUT2D eigenvalue weighted by atomic mass is 15.1. The lowest BCUT2D eigenvalue weighted by molar-refractivity contribution is 0.410. The van der Waals surface area contributed by atoms with Crippen molar-refractivity contribution in [3.8, 4) is 0 Å². The van der Waals surface area contributed by atoms with Gasteiger partial charge >= 0.3 is 0 Å². The van der Waals surface area contributed by atoms with Gasteiger partial charge in [0.15, 0.2) is 0 Å². The third kappa shape index (κ3) is 3.54. The van der Waals surface area contributed by atoms with Crippen LogP contribution in [-0.2, 0) is 6.42 Å². The van der Waals surface area contributed by atoms with Crippen LogP contribution in [0.1, 0.15) is 49.2 Å². The molecule has 0 saturated heterocycles. The first-order valence-electron chi connectivity index (χ1n) is 7.57. The molecule has 2 heterocycles. The van der Waals surface area contributed by atoms with E-state index in [-0.39, 0.29) is 6.04 Å². The Bertz CT molecular complexity index is 595. The molecule has 1 saturated carbocycles. The summed E-state index contributed by atoms with van der Waals surface area (Å²) in [6, 6.07) is 2.33. The van der Waals surface area contributed by atoms with Crippen LogP contribution in [0.25, 0.3) is 0 Å². The molecule has 3 rings (SSSR count). The minimum Gasteiger partial charge on any atom is -0.351 e. The van der Waals surface area contributed by atoms with Gasteiger partial charge in [0.1, 0.15) is 0 Å². The van der Waals surface area contributed by atoms with Crippen molar-refractivity contribution in [1.82, 2.24) is 19.9 Å². The zero-order chi connectivity index (χ0) is 14.7. The van der Waals surface area contributed by atoms with Crippen LogP contribution in [0.4, 0.5) is 5.95 Å². The fraction of sp³-hybridized carbons (Fsp3) is 0.500. The maximum Gasteiger partial charge on any atom is 0.223 e. The first-order valence-corrected chi connectivity index (χ1v) is 7.57. The molecule has 1 aliphatic rings. The molecular formula is C16H21N5. The van der Waals surface area contributed by atoms with E-state index in [4.69, 9.17) is 0 Å². The van der Waals surface area contributed by atoms with Crippen LogP contribution < -0.4 is 5.32 Å². The van der Waals surface area contributed by atoms with Crippen LogP contribution in [-0.4, -0.2) is 26.0 Å². The molecule has 0 amide bonds. The summed E-state index contributed by atoms with van der Waals surface area (Å²) in [4.78, 5) is 17.6. The van der Waals surface area contributed by atoms with Gasteiger partial charge in [0.05, 0.1) is 5.69 Å². The maximum atomic E-state index is 4.68. The van der Waals surface area contributed by atoms with Gasteiger partial charge in [-0.1, -0.05) is 6.42 Å². The number of anilines is 1. The summed E-state index contributed by atoms with van der Waals surface area (Å²) in [6.45, 7) is 4.14. The van der Waals surface area contributed by atoms with Crippen LogP contribution in [0.15, 0.2) is 24.7 Å². The van der Waals surface area contributed by atoms with E-state index in [2.05, 4.69) is 38.2 Å². The summed E-state index contributed by atoms with van der Waals surface area (Å²) < 4.78 is 0. The predicted molar refractivity (Wildman–Crippen MR) is 82.2 cm³/mol. The van der Waals surface area contributed by atoms with E-state index in [1.165, 1.54) is 25.0 Å². The molecule has 1 N–H and O–H groups in total. The fourth-order valence-electron chi connectivity index (χ4n) is 2.59. The van der Waals surface area contributed by atoms with Crippen molar-refractivity contribution in [2.75, 3.05) is 5.32 Å². The number of aromatic nitrogens is 4. The Labute approximate surface area is 125 Å². The summed E-state index contributed by atoms with van der Waals surface area (Å²) >= 11 is 0. The fourth-order valence-corrected chi connectivity index (χ4v) is 2.59. The molecule has 110 valence electrons. The normalized spacial score (nSPS) is 16.3. The van der Waals surface area contributed by atoms with E-state index in [0.717, 1.165) is 23.8 Å². The van der Waals surface area contributed by atoms with Crippen molar-refractivity contribution < 1.29 is 0 Å². The van der Waals surface area contributed by atoms with Crippen molar-refractivity contribution in [2.24, 2.45) is 0 Å². The average Bonchev–Trinajstić information content (AvgIpc) is 2.36. The average molecular weight is 283 g/mol. The summed E-state index contributed by atoms with van der Waals surface area (Å²) in [5, 5.41) is 3.38. The second-order valence-corrected chi connectivity index (χ2v) is 5.83. The topological polar surface area (TPSA) is 63.6 Å². The molecule has 21 heavy (non-hydrogen) atoms. The van der Waals surface area contributed by atoms with E-state index in [0.29, 0.717) is 5.92 Å². The molecule has 1 aliphatic carbocycles. The second-order valence-electron chi connectivity index (χ2n) is 5.83. The van der Waals surface area contributed by atoms with Gasteiger partial charge in [-0.05, 0) is 32.8 Å². The molecule has 0 bridgehead atoms. The van der Waals surface area contributed by atoms with Crippen molar-refractivity contribution in [3.63, 3.8) is 0 Å². The lowest BCUT2D eigenvalue weighted by atomic mass is 9.83. The Morgan fingerprint density at radius 3 is 2.81 bits per heavy atom. The van der Waals surface area contributed by atoms with Crippen LogP contribution in [0.5, 0.6) is 0 Å². The predicted octanol–water partition coefficient (Wildman–Crippen LogP) is 2.89. The van der Waals surface area contributed by atoms with Gasteiger partial charge in [-0.3, -0.25) is 9.97 Å². The molecule has 0 radical (unpaired) electrons. The number of nitrogens with zero attached hydrogens (tertiary/aromatic N) is 4. The van der Waals surface area contributed by atoms with Gasteiger partial charge in [0.25, 0.3) is 0 Å². The van der Waals surface area contributed by atoms with Crippen LogP contribution >= 0.6 is 0 Å². The van der Waals surface area contributed by atoms with Gasteiger partial charge in [-0.2, -0.15) is 0 Å². The molecule has 5 nitrogen and oxygen atoms in total. The van der Waals surface area contributed by atoms with Crippen LogP contribution in [0.2, 0.25) is 0 Å². The van der Waals surface area contributed by atoms with Gasteiger partial charge in [-0.25, -0.2) is 9.97 Å². The Hall–Kier alpha value is -2.04. The van der Waals surface area contributed by atoms with Gasteiger partial charge < -0.3 is 5.32 Å². The van der Waals surface area contributed by atoms with Crippen molar-refractivity contribution >= 4 is 5.95 Å². The lowest BCUT2D eigenvalue weighted by Gasteiger charge is -2.25. The Morgan fingerprint density at radius 2 is 2.14 bits per heavy atom. The molecule has 2 aromatic heterocycles. The Kier molecular flexibility index (Phi) is 4.08. The second kappa shape index (κ2) is 6.16. The van der Waals surface area contributed by atoms with Gasteiger partial charge in [0, 0.05) is 48.4 Å². The molecular weight excluding hydrogens is 262 g/mol. The maximum absolute atomic E-state index is 4.68. The zero-order valence-electron chi connectivity index (χ0n) is 12.6. The quantitative estimate of drug-likeness (QED) is 0.914. The van der Waals surface area contributed by atoms with E-state index in [1.54, 1.807) is 18.6 Å². The zero-order valence-corrected chi connectivity index (χ0v) is 12.6. The lowest BCUT2D eigenvalue weighted by Crippen LogP contribution is -2.22. The Balaban J connectivity index is 1.67. The number of aryl methyl sites for hydroxylation is 1. The third-order valence-corrected chi connectivity index (χ3v) is 3.90. The van der Waals surface area contributed by atoms with E-state index in [9.17, 15) is 0 Å². The molecule has 1 unspecified atom stereocenters. The van der Waals surface area contributed by atoms with Gasteiger partial charge in [0.2, 0.25) is 5.95 Å². The summed E-state index contributed by atoms with van der Waals surface area (Å²) in [5.41, 5.74) is 3.19. The molecule has 0 aliphatic heterocycles. The van der Waals surface area contributed by atoms with Crippen molar-refractivity contribution in [2.45, 2.75) is 51.5 Å². The molecule has 0 spiro atoms. The van der Waals surface area contributed by atoms with E-state index in [1.807, 2.05) is 6.92 Å². The molecule has 0 aromatic carbocycles. The third-order valence-electron chi connectivity index (χ3n) is 3.90. The highest BCUT2D eigenvalue weighted by Gasteiger charge is 2.22. The highest BCUT2D eigenvalue weighted by Crippen LogP contribution is 2.35. The van der Waals surface area contributed by atoms with Crippen LogP contribution in [0, 0.1) is 6.92 Å². The summed E-state index contributed by atoms with van der Waals surface area (Å²) in [6.07, 6.45) is 9.85. The number of hydrogen-bond donors (Lipinski definition) is 1. The van der Waals surface area contributed by atoms with E-state index >= 15 is 0 Å². The molecule has 1 atom stereocenters. The van der Waals surface area contributed by atoms with Gasteiger partial charge in [-0.15, -0.1) is 0 Å². The number of hydrogen-bond acceptors (Lipinski definition) is 5.